The molecule has 0 amide bonds. The van der Waals surface area contributed by atoms with Crippen molar-refractivity contribution in [3.05, 3.63) is 34.3 Å². The van der Waals surface area contributed by atoms with Crippen LogP contribution >= 0.6 is 15.9 Å². The quantitative estimate of drug-likeness (QED) is 0.897. The number of hydrogen-bond donors (Lipinski definition) is 2. The van der Waals surface area contributed by atoms with Gasteiger partial charge >= 0.3 is 0 Å². The Morgan fingerprint density at radius 3 is 2.29 bits per heavy atom. The largest absolute Gasteiger partial charge is 0.396 e. The third-order valence-electron chi connectivity index (χ3n) is 4.16. The van der Waals surface area contributed by atoms with E-state index in [9.17, 15) is 5.11 Å². The average molecular weight is 298 g/mol. The first-order chi connectivity index (χ1) is 8.22. The first kappa shape index (κ1) is 13.1. The van der Waals surface area contributed by atoms with E-state index in [1.54, 1.807) is 0 Å². The Balaban J connectivity index is 2.28. The summed E-state index contributed by atoms with van der Waals surface area (Å²) in [6, 6.07) is 8.35. The normalized spacial score (nSPS) is 20.4. The highest BCUT2D eigenvalue weighted by Crippen LogP contribution is 2.48. The number of aliphatic hydroxyl groups excluding tert-OH is 1. The Bertz CT molecular complexity index is 357. The van der Waals surface area contributed by atoms with Crippen LogP contribution in [-0.4, -0.2) is 18.3 Å². The van der Waals surface area contributed by atoms with Gasteiger partial charge in [-0.15, -0.1) is 0 Å². The van der Waals surface area contributed by atoms with Crippen molar-refractivity contribution in [2.45, 2.75) is 31.6 Å². The predicted octanol–water partition coefficient (Wildman–Crippen LogP) is 3.04. The summed E-state index contributed by atoms with van der Waals surface area (Å²) >= 11 is 3.45. The number of halogens is 1. The number of hydrogen-bond acceptors (Lipinski definition) is 2. The number of rotatable bonds is 4. The Hall–Kier alpha value is -0.380. The minimum absolute atomic E-state index is 0.0164. The second-order valence-corrected chi connectivity index (χ2v) is 5.98. The monoisotopic (exact) mass is 297 g/mol. The molecule has 0 aliphatic heterocycles. The molecular formula is C14H20BrNO. The lowest BCUT2D eigenvalue weighted by molar-refractivity contribution is 0.103. The Morgan fingerprint density at radius 1 is 1.24 bits per heavy atom. The van der Waals surface area contributed by atoms with Crippen LogP contribution in [0.4, 0.5) is 0 Å². The van der Waals surface area contributed by atoms with Crippen molar-refractivity contribution in [1.82, 2.24) is 0 Å². The molecule has 0 saturated heterocycles. The van der Waals surface area contributed by atoms with Gasteiger partial charge in [-0.3, -0.25) is 0 Å². The minimum Gasteiger partial charge on any atom is -0.396 e. The van der Waals surface area contributed by atoms with E-state index in [0.29, 0.717) is 6.54 Å². The van der Waals surface area contributed by atoms with Crippen LogP contribution in [0, 0.1) is 5.41 Å². The fraction of sp³-hybridized carbons (Fsp3) is 0.571. The van der Waals surface area contributed by atoms with E-state index in [0.717, 1.165) is 17.3 Å². The van der Waals surface area contributed by atoms with Gasteiger partial charge in [-0.05, 0) is 37.1 Å². The van der Waals surface area contributed by atoms with Gasteiger partial charge in [0.05, 0.1) is 0 Å². The molecule has 0 unspecified atom stereocenters. The van der Waals surface area contributed by atoms with Gasteiger partial charge in [0.25, 0.3) is 0 Å². The molecule has 0 spiro atoms. The van der Waals surface area contributed by atoms with E-state index >= 15 is 0 Å². The first-order valence-corrected chi connectivity index (χ1v) is 7.07. The molecule has 1 aromatic rings. The zero-order valence-corrected chi connectivity index (χ0v) is 11.6. The maximum Gasteiger partial charge on any atom is 0.0493 e. The molecule has 1 aliphatic carbocycles. The van der Waals surface area contributed by atoms with E-state index in [-0.39, 0.29) is 17.9 Å². The van der Waals surface area contributed by atoms with Crippen LogP contribution in [0.3, 0.4) is 0 Å². The van der Waals surface area contributed by atoms with Crippen LogP contribution in [0.1, 0.15) is 37.2 Å². The molecule has 1 atom stereocenters. The molecule has 2 nitrogen and oxygen atoms in total. The lowest BCUT2D eigenvalue weighted by atomic mass is 9.71. The maximum absolute atomic E-state index is 9.77. The number of nitrogens with two attached hydrogens (primary N) is 1. The zero-order chi connectivity index (χ0) is 12.3. The molecule has 0 bridgehead atoms. The molecule has 2 rings (SSSR count). The van der Waals surface area contributed by atoms with Crippen molar-refractivity contribution in [3.8, 4) is 0 Å². The van der Waals surface area contributed by atoms with Crippen molar-refractivity contribution >= 4 is 15.9 Å². The molecule has 0 aromatic heterocycles. The predicted molar refractivity (Wildman–Crippen MR) is 73.9 cm³/mol. The fourth-order valence-electron chi connectivity index (χ4n) is 3.13. The molecule has 17 heavy (non-hydrogen) atoms. The minimum atomic E-state index is 0.0164. The highest BCUT2D eigenvalue weighted by Gasteiger charge is 2.40. The molecule has 0 radical (unpaired) electrons. The highest BCUT2D eigenvalue weighted by molar-refractivity contribution is 9.10. The molecule has 1 saturated carbocycles. The van der Waals surface area contributed by atoms with Gasteiger partial charge in [0.2, 0.25) is 0 Å². The van der Waals surface area contributed by atoms with Crippen molar-refractivity contribution < 1.29 is 5.11 Å². The van der Waals surface area contributed by atoms with E-state index in [1.807, 2.05) is 0 Å². The third kappa shape index (κ3) is 2.56. The molecule has 1 aromatic carbocycles. The van der Waals surface area contributed by atoms with Gasteiger partial charge in [-0.2, -0.15) is 0 Å². The molecule has 1 fully saturated rings. The standard InChI is InChI=1S/C14H20BrNO/c15-12-5-3-11(4-6-12)13(9-16)14(10-17)7-1-2-8-14/h3-6,13,17H,1-2,7-10,16H2/t13-/m0/s1. The van der Waals surface area contributed by atoms with Crippen molar-refractivity contribution in [1.29, 1.82) is 0 Å². The number of benzene rings is 1. The van der Waals surface area contributed by atoms with Gasteiger partial charge in [0.15, 0.2) is 0 Å². The van der Waals surface area contributed by atoms with Crippen molar-refractivity contribution in [3.63, 3.8) is 0 Å². The molecule has 0 heterocycles. The zero-order valence-electron chi connectivity index (χ0n) is 10.0. The third-order valence-corrected chi connectivity index (χ3v) is 4.69. The van der Waals surface area contributed by atoms with Crippen LogP contribution in [0.5, 0.6) is 0 Å². The van der Waals surface area contributed by atoms with Crippen LogP contribution < -0.4 is 5.73 Å². The van der Waals surface area contributed by atoms with E-state index in [2.05, 4.69) is 40.2 Å². The summed E-state index contributed by atoms with van der Waals surface area (Å²) < 4.78 is 1.08. The second kappa shape index (κ2) is 5.51. The fourth-order valence-corrected chi connectivity index (χ4v) is 3.39. The highest BCUT2D eigenvalue weighted by atomic mass is 79.9. The summed E-state index contributed by atoms with van der Waals surface area (Å²) in [4.78, 5) is 0. The van der Waals surface area contributed by atoms with E-state index in [4.69, 9.17) is 5.73 Å². The Kier molecular flexibility index (Phi) is 4.23. The summed E-state index contributed by atoms with van der Waals surface area (Å²) in [5.41, 5.74) is 7.23. The van der Waals surface area contributed by atoms with Crippen molar-refractivity contribution in [2.24, 2.45) is 11.1 Å². The lowest BCUT2D eigenvalue weighted by Crippen LogP contribution is -2.34. The lowest BCUT2D eigenvalue weighted by Gasteiger charge is -2.35. The summed E-state index contributed by atoms with van der Waals surface area (Å²) in [6.07, 6.45) is 4.63. The molecule has 1 aliphatic rings. The van der Waals surface area contributed by atoms with Gasteiger partial charge in [0.1, 0.15) is 0 Å². The summed E-state index contributed by atoms with van der Waals surface area (Å²) in [7, 11) is 0. The first-order valence-electron chi connectivity index (χ1n) is 6.28. The molecule has 3 heteroatoms. The van der Waals surface area contributed by atoms with Gasteiger partial charge in [-0.25, -0.2) is 0 Å². The van der Waals surface area contributed by atoms with Crippen LogP contribution in [0.15, 0.2) is 28.7 Å². The Labute approximate surface area is 111 Å². The summed E-state index contributed by atoms with van der Waals surface area (Å²) in [5.74, 6) is 0.281. The Morgan fingerprint density at radius 2 is 1.82 bits per heavy atom. The average Bonchev–Trinajstić information content (AvgIpc) is 2.82. The van der Waals surface area contributed by atoms with Gasteiger partial charge in [-0.1, -0.05) is 40.9 Å². The van der Waals surface area contributed by atoms with Crippen molar-refractivity contribution in [2.75, 3.05) is 13.2 Å². The smallest absolute Gasteiger partial charge is 0.0493 e. The maximum atomic E-state index is 9.77. The second-order valence-electron chi connectivity index (χ2n) is 5.07. The topological polar surface area (TPSA) is 46.2 Å². The van der Waals surface area contributed by atoms with Crippen LogP contribution in [-0.2, 0) is 0 Å². The molecular weight excluding hydrogens is 278 g/mol. The SMILES string of the molecule is NC[C@@H](c1ccc(Br)cc1)C1(CO)CCCC1. The number of aliphatic hydroxyl groups is 1. The van der Waals surface area contributed by atoms with Gasteiger partial charge < -0.3 is 10.8 Å². The van der Waals surface area contributed by atoms with E-state index in [1.165, 1.54) is 18.4 Å². The van der Waals surface area contributed by atoms with Gasteiger partial charge in [0, 0.05) is 22.4 Å². The molecule has 3 N–H and O–H groups in total. The van der Waals surface area contributed by atoms with E-state index < -0.39 is 0 Å². The molecule has 94 valence electrons. The summed E-state index contributed by atoms with van der Waals surface area (Å²) in [5, 5.41) is 9.77. The van der Waals surface area contributed by atoms with Crippen LogP contribution in [0.2, 0.25) is 0 Å². The van der Waals surface area contributed by atoms with Crippen LogP contribution in [0.25, 0.3) is 0 Å². The summed E-state index contributed by atoms with van der Waals surface area (Å²) in [6.45, 7) is 0.868.